The lowest BCUT2D eigenvalue weighted by Gasteiger charge is -2.16. The van der Waals surface area contributed by atoms with Crippen LogP contribution in [0.5, 0.6) is 0 Å². The van der Waals surface area contributed by atoms with Crippen LogP contribution in [0.1, 0.15) is 13.8 Å². The van der Waals surface area contributed by atoms with Crippen molar-refractivity contribution >= 4 is 11.9 Å². The Kier molecular flexibility index (Phi) is 7.71. The van der Waals surface area contributed by atoms with Crippen LogP contribution in [0.2, 0.25) is 0 Å². The number of esters is 2. The van der Waals surface area contributed by atoms with Gasteiger partial charge in [0.15, 0.2) is 0 Å². The first-order valence-corrected chi connectivity index (χ1v) is 5.23. The van der Waals surface area contributed by atoms with Crippen LogP contribution < -0.4 is 0 Å². The van der Waals surface area contributed by atoms with E-state index in [2.05, 4.69) is 13.2 Å². The second-order valence-electron chi connectivity index (χ2n) is 3.43. The SMILES string of the molecule is C=CC(=O)OC[C@@H](C)OC[C@@H](C)OC(=O)C=C. The number of hydrogen-bond donors (Lipinski definition) is 0. The van der Waals surface area contributed by atoms with Gasteiger partial charge in [0.25, 0.3) is 0 Å². The first-order valence-electron chi connectivity index (χ1n) is 5.23. The van der Waals surface area contributed by atoms with Crippen LogP contribution in [0.25, 0.3) is 0 Å². The smallest absolute Gasteiger partial charge is 0.330 e. The lowest BCUT2D eigenvalue weighted by atomic mass is 10.4. The molecule has 0 bridgehead atoms. The molecule has 5 heteroatoms. The molecular weight excluding hydrogens is 224 g/mol. The summed E-state index contributed by atoms with van der Waals surface area (Å²) in [5.41, 5.74) is 0. The van der Waals surface area contributed by atoms with E-state index in [4.69, 9.17) is 14.2 Å². The Morgan fingerprint density at radius 3 is 2.18 bits per heavy atom. The molecule has 0 spiro atoms. The summed E-state index contributed by atoms with van der Waals surface area (Å²) in [6.07, 6.45) is 1.52. The van der Waals surface area contributed by atoms with Gasteiger partial charge in [-0.3, -0.25) is 0 Å². The van der Waals surface area contributed by atoms with Gasteiger partial charge in [0.1, 0.15) is 12.7 Å². The molecule has 17 heavy (non-hydrogen) atoms. The Bertz CT molecular complexity index is 285. The van der Waals surface area contributed by atoms with E-state index in [1.54, 1.807) is 13.8 Å². The quantitative estimate of drug-likeness (QED) is 0.473. The fourth-order valence-corrected chi connectivity index (χ4v) is 0.887. The first kappa shape index (κ1) is 15.4. The molecular formula is C12H18O5. The molecule has 0 aromatic carbocycles. The molecule has 0 saturated heterocycles. The van der Waals surface area contributed by atoms with Crippen LogP contribution in [0, 0.1) is 0 Å². The van der Waals surface area contributed by atoms with Crippen molar-refractivity contribution in [3.8, 4) is 0 Å². The number of ether oxygens (including phenoxy) is 3. The lowest BCUT2D eigenvalue weighted by molar-refractivity contribution is -0.148. The highest BCUT2D eigenvalue weighted by molar-refractivity contribution is 5.81. The predicted molar refractivity (Wildman–Crippen MR) is 62.3 cm³/mol. The van der Waals surface area contributed by atoms with E-state index in [0.29, 0.717) is 0 Å². The summed E-state index contributed by atoms with van der Waals surface area (Å²) in [7, 11) is 0. The Morgan fingerprint density at radius 2 is 1.65 bits per heavy atom. The predicted octanol–water partition coefficient (Wildman–Crippen LogP) is 1.24. The summed E-state index contributed by atoms with van der Waals surface area (Å²) in [4.78, 5) is 21.6. The standard InChI is InChI=1S/C12H18O5/c1-5-11(13)16-7-9(3)15-8-10(4)17-12(14)6-2/h5-6,9-10H,1-2,7-8H2,3-4H3/t9-,10-/m1/s1. The topological polar surface area (TPSA) is 61.8 Å². The van der Waals surface area contributed by atoms with Gasteiger partial charge < -0.3 is 14.2 Å². The summed E-state index contributed by atoms with van der Waals surface area (Å²) < 4.78 is 15.0. The molecule has 0 aliphatic rings. The van der Waals surface area contributed by atoms with E-state index < -0.39 is 11.9 Å². The average Bonchev–Trinajstić information content (AvgIpc) is 2.32. The molecule has 2 atom stereocenters. The van der Waals surface area contributed by atoms with Crippen molar-refractivity contribution in [2.45, 2.75) is 26.1 Å². The van der Waals surface area contributed by atoms with Gasteiger partial charge in [-0.05, 0) is 13.8 Å². The molecule has 0 aliphatic heterocycles. The van der Waals surface area contributed by atoms with Crippen LogP contribution >= 0.6 is 0 Å². The summed E-state index contributed by atoms with van der Waals surface area (Å²) in [5, 5.41) is 0. The largest absolute Gasteiger partial charge is 0.460 e. The zero-order chi connectivity index (χ0) is 13.3. The Balaban J connectivity index is 3.71. The lowest BCUT2D eigenvalue weighted by Crippen LogP contribution is -2.25. The number of carbonyl (C=O) groups is 2. The molecule has 0 aromatic rings. The van der Waals surface area contributed by atoms with Crippen molar-refractivity contribution in [2.75, 3.05) is 13.2 Å². The highest BCUT2D eigenvalue weighted by atomic mass is 16.6. The summed E-state index contributed by atoms with van der Waals surface area (Å²) in [6.45, 7) is 10.4. The molecule has 0 heterocycles. The maximum Gasteiger partial charge on any atom is 0.330 e. The Hall–Kier alpha value is -1.62. The van der Waals surface area contributed by atoms with E-state index in [1.165, 1.54) is 0 Å². The third-order valence-corrected chi connectivity index (χ3v) is 1.73. The van der Waals surface area contributed by atoms with E-state index >= 15 is 0 Å². The van der Waals surface area contributed by atoms with E-state index in [9.17, 15) is 9.59 Å². The molecule has 0 aromatic heterocycles. The molecule has 0 rings (SSSR count). The Morgan fingerprint density at radius 1 is 1.06 bits per heavy atom. The summed E-state index contributed by atoms with van der Waals surface area (Å²) in [5.74, 6) is -0.988. The Labute approximate surface area is 101 Å². The minimum atomic E-state index is -0.494. The van der Waals surface area contributed by atoms with Crippen LogP contribution in [0.3, 0.4) is 0 Å². The second kappa shape index (κ2) is 8.52. The van der Waals surface area contributed by atoms with Gasteiger partial charge in [0.2, 0.25) is 0 Å². The van der Waals surface area contributed by atoms with Crippen LogP contribution in [-0.2, 0) is 23.8 Å². The highest BCUT2D eigenvalue weighted by Gasteiger charge is 2.10. The van der Waals surface area contributed by atoms with Crippen molar-refractivity contribution in [3.63, 3.8) is 0 Å². The zero-order valence-corrected chi connectivity index (χ0v) is 10.2. The normalized spacial score (nSPS) is 13.3. The molecule has 0 saturated carbocycles. The zero-order valence-electron chi connectivity index (χ0n) is 10.2. The van der Waals surface area contributed by atoms with Gasteiger partial charge in [-0.25, -0.2) is 9.59 Å². The number of carbonyl (C=O) groups excluding carboxylic acids is 2. The molecule has 0 unspecified atom stereocenters. The van der Waals surface area contributed by atoms with E-state index in [0.717, 1.165) is 12.2 Å². The molecule has 0 fully saturated rings. The number of rotatable bonds is 8. The summed E-state index contributed by atoms with van der Waals surface area (Å²) in [6, 6.07) is 0. The van der Waals surface area contributed by atoms with Gasteiger partial charge >= 0.3 is 11.9 Å². The minimum Gasteiger partial charge on any atom is -0.460 e. The van der Waals surface area contributed by atoms with E-state index in [1.807, 2.05) is 0 Å². The maximum absolute atomic E-state index is 10.8. The van der Waals surface area contributed by atoms with Crippen LogP contribution in [0.4, 0.5) is 0 Å². The number of hydrogen-bond acceptors (Lipinski definition) is 5. The van der Waals surface area contributed by atoms with Gasteiger partial charge in [0.05, 0.1) is 12.7 Å². The maximum atomic E-state index is 10.8. The van der Waals surface area contributed by atoms with Gasteiger partial charge in [0, 0.05) is 12.2 Å². The fraction of sp³-hybridized carbons (Fsp3) is 0.500. The highest BCUT2D eigenvalue weighted by Crippen LogP contribution is 1.99. The third-order valence-electron chi connectivity index (χ3n) is 1.73. The molecule has 0 radical (unpaired) electrons. The van der Waals surface area contributed by atoms with Crippen molar-refractivity contribution in [1.29, 1.82) is 0 Å². The molecule has 5 nitrogen and oxygen atoms in total. The fourth-order valence-electron chi connectivity index (χ4n) is 0.887. The summed E-state index contributed by atoms with van der Waals surface area (Å²) >= 11 is 0. The van der Waals surface area contributed by atoms with Gasteiger partial charge in [-0.15, -0.1) is 0 Å². The van der Waals surface area contributed by atoms with Gasteiger partial charge in [-0.2, -0.15) is 0 Å². The van der Waals surface area contributed by atoms with Crippen molar-refractivity contribution in [2.24, 2.45) is 0 Å². The average molecular weight is 242 g/mol. The van der Waals surface area contributed by atoms with Crippen LogP contribution in [-0.4, -0.2) is 37.4 Å². The van der Waals surface area contributed by atoms with Crippen molar-refractivity contribution in [3.05, 3.63) is 25.3 Å². The van der Waals surface area contributed by atoms with E-state index in [-0.39, 0.29) is 25.4 Å². The molecule has 0 N–H and O–H groups in total. The molecule has 0 aliphatic carbocycles. The molecule has 0 amide bonds. The van der Waals surface area contributed by atoms with Gasteiger partial charge in [-0.1, -0.05) is 13.2 Å². The van der Waals surface area contributed by atoms with Crippen LogP contribution in [0.15, 0.2) is 25.3 Å². The third kappa shape index (κ3) is 8.21. The minimum absolute atomic E-state index is 0.132. The first-order chi connectivity index (χ1) is 7.99. The van der Waals surface area contributed by atoms with Crippen molar-refractivity contribution < 1.29 is 23.8 Å². The molecule has 96 valence electrons. The van der Waals surface area contributed by atoms with Crippen molar-refractivity contribution in [1.82, 2.24) is 0 Å². The second-order valence-corrected chi connectivity index (χ2v) is 3.43. The monoisotopic (exact) mass is 242 g/mol.